The third-order valence-corrected chi connectivity index (χ3v) is 10.1. The molecule has 1 fully saturated rings. The monoisotopic (exact) mass is 1530 g/mol. The SMILES string of the molecule is CC.COC(=O)c1c(F)c(F)c(F)c(F)c1F.COC(=O)c1c(F)c(F)c(N=[N+]=[N-])c(F)c1F.COCCCOC(=O)c1c(F)c(F)c(N=[N+]=[N-])c(F)c1F.ClCCl.[N-]=[N+]=Nc1c(F)c(F)c(C(=O)O)c(F)c1F.[N-]=[N+]=Nc1c(F)c(F)c(C(=O)ON2C(=O)CCC2=O)c(F)c1F.[N-]=[N+]=[N-].[Na+]. The second kappa shape index (κ2) is 45.7. The van der Waals surface area contributed by atoms with Crippen molar-refractivity contribution >= 4 is 87.6 Å². The van der Waals surface area contributed by atoms with Crippen LogP contribution in [-0.2, 0) is 33.4 Å². The fourth-order valence-corrected chi connectivity index (χ4v) is 5.95. The topological polar surface area (TPSA) is 443 Å². The van der Waals surface area contributed by atoms with Crippen LogP contribution in [0.1, 0.15) is 84.9 Å². The zero-order valence-electron chi connectivity index (χ0n) is 49.9. The number of amides is 2. The molecule has 0 aromatic heterocycles. The van der Waals surface area contributed by atoms with Crippen molar-refractivity contribution in [2.24, 2.45) is 20.5 Å². The van der Waals surface area contributed by atoms with E-state index in [4.69, 9.17) is 61.5 Å². The number of esters is 3. The summed E-state index contributed by atoms with van der Waals surface area (Å²) in [5.41, 5.74) is 31.1. The third kappa shape index (κ3) is 24.0. The standard InChI is InChI=1S/C11H4F4N4O4.C11H9F4N3O3.C8H3F5O2.C8H3F4N3O2.C7HF4N3O2.C2H6.CH2Cl2.N3.Na/c12-6-5(7(13)9(15)10(8(6)14)17-18-16)11(22)23-19-3(20)1-2-4(19)21;1-20-3-2-4-21-11(19)5-6(12)8(14)10(17-18-16)9(15)7(5)13;1-15-8(14)2-3(9)5(11)7(13)6(12)4(2)10;1-17-8(16)2-3(9)5(11)7(14-15-13)6(12)4(2)10;8-2-1(7(15)16)3(9)5(11)6(4(2)10)13-14-12;1-2;2-1-3;1-3-2;/h1-2H2;2-4H2,1H3;1H3;1H3;(H,15,16);1-2H3;1H2;;/q;;;;;;;-1;+1. The first-order valence-electron chi connectivity index (χ1n) is 24.3. The van der Waals surface area contributed by atoms with Crippen molar-refractivity contribution in [1.82, 2.24) is 5.06 Å². The normalized spacial score (nSPS) is 10.3. The molecule has 0 unspecified atom stereocenters. The molecule has 5 aromatic carbocycles. The number of carbonyl (C=O) groups is 7. The molecular weight excluding hydrogens is 1500 g/mol. The van der Waals surface area contributed by atoms with Crippen LogP contribution in [-0.4, -0.2) is 91.7 Å². The fourth-order valence-electron chi connectivity index (χ4n) is 5.95. The van der Waals surface area contributed by atoms with Crippen LogP contribution in [0.4, 0.5) is 115 Å². The molecule has 101 heavy (non-hydrogen) atoms. The van der Waals surface area contributed by atoms with E-state index in [1.807, 2.05) is 33.5 Å². The fraction of sp³-hybridized carbons (Fsp3) is 0.229. The van der Waals surface area contributed by atoms with Gasteiger partial charge in [0, 0.05) is 52.6 Å². The molecule has 0 radical (unpaired) electrons. The van der Waals surface area contributed by atoms with Crippen LogP contribution < -0.4 is 29.6 Å². The number of hydrogen-bond acceptors (Lipinski definition) is 16. The van der Waals surface area contributed by atoms with Gasteiger partial charge in [0.1, 0.15) is 50.6 Å². The first-order chi connectivity index (χ1) is 46.8. The molecular formula is C48H28Cl2F21N16NaO13. The van der Waals surface area contributed by atoms with Crippen LogP contribution in [0.25, 0.3) is 57.7 Å². The number of imide groups is 1. The number of aromatic carboxylic acids is 1. The summed E-state index contributed by atoms with van der Waals surface area (Å²) in [5, 5.41) is 18.2. The summed E-state index contributed by atoms with van der Waals surface area (Å²) in [5.74, 6) is -54.9. The van der Waals surface area contributed by atoms with Gasteiger partial charge in [-0.2, -0.15) is 0 Å². The second-order valence-electron chi connectivity index (χ2n) is 15.5. The summed E-state index contributed by atoms with van der Waals surface area (Å²) >= 11 is 9.53. The predicted octanol–water partition coefficient (Wildman–Crippen LogP) is 14.1. The molecule has 0 aliphatic carbocycles. The minimum absolute atomic E-state index is 0. The summed E-state index contributed by atoms with van der Waals surface area (Å²) in [6, 6.07) is 0. The molecule has 1 aliphatic heterocycles. The first kappa shape index (κ1) is 94.4. The number of ether oxygens (including phenoxy) is 4. The van der Waals surface area contributed by atoms with Crippen molar-refractivity contribution < 1.29 is 184 Å². The van der Waals surface area contributed by atoms with E-state index in [1.54, 1.807) is 0 Å². The Bertz CT molecular complexity index is 4030. The van der Waals surface area contributed by atoms with Gasteiger partial charge in [0.2, 0.25) is 5.82 Å². The van der Waals surface area contributed by atoms with E-state index in [2.05, 4.69) is 44.2 Å². The number of azide groups is 4. The van der Waals surface area contributed by atoms with Crippen LogP contribution in [0.2, 0.25) is 0 Å². The maximum atomic E-state index is 13.7. The number of nitrogens with zero attached hydrogens (tertiary/aromatic N) is 16. The van der Waals surface area contributed by atoms with Crippen LogP contribution in [0.5, 0.6) is 0 Å². The van der Waals surface area contributed by atoms with Crippen molar-refractivity contribution in [3.05, 3.63) is 208 Å². The molecule has 6 rings (SSSR count). The Labute approximate surface area is 575 Å². The van der Waals surface area contributed by atoms with Crippen LogP contribution >= 0.6 is 23.2 Å². The second-order valence-corrected chi connectivity index (χ2v) is 16.4. The average molecular weight is 1530 g/mol. The quantitative estimate of drug-likeness (QED) is 0.00879. The van der Waals surface area contributed by atoms with Gasteiger partial charge in [-0.05, 0) is 22.1 Å². The van der Waals surface area contributed by atoms with E-state index in [1.165, 1.54) is 12.0 Å². The summed E-state index contributed by atoms with van der Waals surface area (Å²) in [7, 11) is 2.92. The third-order valence-electron chi connectivity index (χ3n) is 10.1. The Balaban J connectivity index is -0.00000116. The maximum Gasteiger partial charge on any atom is 1.00 e. The zero-order valence-corrected chi connectivity index (χ0v) is 53.4. The summed E-state index contributed by atoms with van der Waals surface area (Å²) in [4.78, 5) is 91.1. The largest absolute Gasteiger partial charge is 1.00 e. The number of methoxy groups -OCH3 is 3. The summed E-state index contributed by atoms with van der Waals surface area (Å²) in [6.07, 6.45) is -0.363. The molecule has 0 atom stereocenters. The molecule has 1 N–H and O–H groups in total. The molecule has 1 heterocycles. The number of halogens is 23. The Morgan fingerprint density at radius 3 is 0.851 bits per heavy atom. The maximum absolute atomic E-state index is 13.7. The predicted molar refractivity (Wildman–Crippen MR) is 287 cm³/mol. The molecule has 5 aromatic rings. The van der Waals surface area contributed by atoms with Gasteiger partial charge >= 0.3 is 59.4 Å². The van der Waals surface area contributed by atoms with Crippen molar-refractivity contribution in [1.29, 1.82) is 0 Å². The number of carboxylic acids is 1. The van der Waals surface area contributed by atoms with Crippen LogP contribution in [0.15, 0.2) is 20.5 Å². The van der Waals surface area contributed by atoms with Gasteiger partial charge in [-0.15, -0.1) is 28.3 Å². The zero-order chi connectivity index (χ0) is 78.1. The molecule has 0 spiro atoms. The Kier molecular flexibility index (Phi) is 42.7. The number of rotatable bonds is 14. The molecule has 0 bridgehead atoms. The van der Waals surface area contributed by atoms with E-state index in [-0.39, 0.29) is 72.4 Å². The van der Waals surface area contributed by atoms with Gasteiger partial charge in [0.25, 0.3) is 11.8 Å². The molecule has 0 saturated carbocycles. The molecule has 2 amide bonds. The van der Waals surface area contributed by atoms with Gasteiger partial charge in [-0.25, -0.2) is 116 Å². The number of carbonyl (C=O) groups excluding carboxylic acids is 6. The van der Waals surface area contributed by atoms with Crippen molar-refractivity contribution in [3.63, 3.8) is 0 Å². The average Bonchev–Trinajstić information content (AvgIpc) is 1.28. The van der Waals surface area contributed by atoms with Crippen molar-refractivity contribution in [2.45, 2.75) is 33.1 Å². The van der Waals surface area contributed by atoms with Crippen LogP contribution in [0, 0.1) is 122 Å². The Morgan fingerprint density at radius 1 is 0.406 bits per heavy atom. The van der Waals surface area contributed by atoms with Crippen molar-refractivity contribution in [2.75, 3.05) is 39.9 Å². The number of hydrogen-bond donors (Lipinski definition) is 1. The number of alkyl halides is 2. The van der Waals surface area contributed by atoms with Gasteiger partial charge in [0.15, 0.2) is 116 Å². The van der Waals surface area contributed by atoms with E-state index in [9.17, 15) is 126 Å². The van der Waals surface area contributed by atoms with Crippen molar-refractivity contribution in [3.8, 4) is 0 Å². The molecule has 540 valence electrons. The van der Waals surface area contributed by atoms with Gasteiger partial charge in [-0.3, -0.25) is 14.5 Å². The molecule has 1 saturated heterocycles. The van der Waals surface area contributed by atoms with E-state index < -0.39 is 214 Å². The van der Waals surface area contributed by atoms with E-state index in [0.29, 0.717) is 0 Å². The molecule has 1 aliphatic rings. The smallest absolute Gasteiger partial charge is 0.477 e. The van der Waals surface area contributed by atoms with E-state index in [0.717, 1.165) is 14.2 Å². The number of hydroxylamine groups is 2. The molecule has 29 nitrogen and oxygen atoms in total. The van der Waals surface area contributed by atoms with Gasteiger partial charge in [-0.1, -0.05) is 34.3 Å². The number of benzene rings is 5. The minimum atomic E-state index is -2.32. The van der Waals surface area contributed by atoms with E-state index >= 15 is 0 Å². The minimum Gasteiger partial charge on any atom is -0.477 e. The first-order valence-corrected chi connectivity index (χ1v) is 25.3. The number of carboxylic acid groups (broad SMARTS) is 1. The van der Waals surface area contributed by atoms with Crippen LogP contribution in [0.3, 0.4) is 0 Å². The Hall–Kier alpha value is -10.8. The Morgan fingerprint density at radius 2 is 0.624 bits per heavy atom. The van der Waals surface area contributed by atoms with Gasteiger partial charge in [0.05, 0.1) is 26.2 Å². The van der Waals surface area contributed by atoms with Gasteiger partial charge < -0.3 is 40.0 Å². The summed E-state index contributed by atoms with van der Waals surface area (Å²) in [6.45, 7) is 3.96. The summed E-state index contributed by atoms with van der Waals surface area (Å²) < 4.78 is 293. The molecule has 53 heteroatoms.